The van der Waals surface area contributed by atoms with Crippen molar-refractivity contribution in [2.75, 3.05) is 24.7 Å². The lowest BCUT2D eigenvalue weighted by molar-refractivity contribution is 0.0941. The molecule has 0 aromatic rings. The van der Waals surface area contributed by atoms with Gasteiger partial charge in [-0.05, 0) is 19.8 Å². The number of amides is 1. The van der Waals surface area contributed by atoms with Gasteiger partial charge in [0, 0.05) is 12.6 Å². The van der Waals surface area contributed by atoms with E-state index in [0.29, 0.717) is 19.6 Å². The molecule has 5 nitrogen and oxygen atoms in total. The molecule has 1 saturated heterocycles. The average Bonchev–Trinajstić information content (AvgIpc) is 2.55. The van der Waals surface area contributed by atoms with Crippen molar-refractivity contribution in [2.45, 2.75) is 32.7 Å². The number of nitrogens with zero attached hydrogens (tertiary/aromatic N) is 1. The second-order valence-corrected chi connectivity index (χ2v) is 6.18. The fraction of sp³-hybridized carbons (Fsp3) is 0.900. The van der Waals surface area contributed by atoms with Crippen LogP contribution in [0.3, 0.4) is 0 Å². The maximum atomic E-state index is 11.6. The Morgan fingerprint density at radius 1 is 1.44 bits per heavy atom. The highest BCUT2D eigenvalue weighted by Crippen LogP contribution is 2.18. The van der Waals surface area contributed by atoms with Crippen molar-refractivity contribution in [3.8, 4) is 0 Å². The van der Waals surface area contributed by atoms with Crippen LogP contribution in [-0.2, 0) is 14.6 Å². The third kappa shape index (κ3) is 3.37. The number of carbonyl (C=O) groups is 1. The number of ether oxygens (including phenoxy) is 1. The van der Waals surface area contributed by atoms with Gasteiger partial charge in [-0.15, -0.1) is 0 Å². The molecular formula is C10H19NO4S. The molecule has 1 aliphatic heterocycles. The van der Waals surface area contributed by atoms with Gasteiger partial charge in [0.1, 0.15) is 0 Å². The molecule has 0 N–H and O–H groups in total. The van der Waals surface area contributed by atoms with Gasteiger partial charge in [0.15, 0.2) is 9.84 Å². The molecule has 0 aromatic carbocycles. The molecule has 0 radical (unpaired) electrons. The number of hydrogen-bond donors (Lipinski definition) is 0. The summed E-state index contributed by atoms with van der Waals surface area (Å²) in [6, 6.07) is -0.205. The van der Waals surface area contributed by atoms with E-state index >= 15 is 0 Å². The van der Waals surface area contributed by atoms with Crippen LogP contribution in [0.5, 0.6) is 0 Å². The van der Waals surface area contributed by atoms with Crippen LogP contribution < -0.4 is 0 Å². The van der Waals surface area contributed by atoms with Crippen LogP contribution in [0.25, 0.3) is 0 Å². The van der Waals surface area contributed by atoms with Gasteiger partial charge in [-0.1, -0.05) is 6.92 Å². The van der Waals surface area contributed by atoms with E-state index in [4.69, 9.17) is 4.74 Å². The average molecular weight is 249 g/mol. The van der Waals surface area contributed by atoms with Crippen LogP contribution >= 0.6 is 0 Å². The predicted octanol–water partition coefficient (Wildman–Crippen LogP) is 1.04. The lowest BCUT2D eigenvalue weighted by Crippen LogP contribution is -2.41. The lowest BCUT2D eigenvalue weighted by Gasteiger charge is -2.26. The molecule has 1 rings (SSSR count). The molecule has 0 unspecified atom stereocenters. The topological polar surface area (TPSA) is 63.7 Å². The lowest BCUT2D eigenvalue weighted by atomic mass is 10.2. The van der Waals surface area contributed by atoms with Crippen LogP contribution in [0.15, 0.2) is 0 Å². The van der Waals surface area contributed by atoms with Crippen LogP contribution in [0.2, 0.25) is 0 Å². The second-order valence-electron chi connectivity index (χ2n) is 3.95. The Bertz CT molecular complexity index is 339. The minimum atomic E-state index is -2.96. The van der Waals surface area contributed by atoms with Crippen molar-refractivity contribution in [3.05, 3.63) is 0 Å². The summed E-state index contributed by atoms with van der Waals surface area (Å²) < 4.78 is 27.6. The van der Waals surface area contributed by atoms with Crippen molar-refractivity contribution in [1.82, 2.24) is 4.90 Å². The van der Waals surface area contributed by atoms with Gasteiger partial charge in [0.05, 0.1) is 18.1 Å². The van der Waals surface area contributed by atoms with Crippen molar-refractivity contribution in [2.24, 2.45) is 0 Å². The summed E-state index contributed by atoms with van der Waals surface area (Å²) >= 11 is 0. The zero-order valence-electron chi connectivity index (χ0n) is 9.81. The zero-order valence-corrected chi connectivity index (χ0v) is 10.6. The summed E-state index contributed by atoms with van der Waals surface area (Å²) in [7, 11) is -2.96. The molecule has 1 heterocycles. The van der Waals surface area contributed by atoms with E-state index in [-0.39, 0.29) is 17.5 Å². The Hall–Kier alpha value is -0.780. The molecule has 0 aliphatic carbocycles. The maximum Gasteiger partial charge on any atom is 0.410 e. The zero-order chi connectivity index (χ0) is 12.2. The van der Waals surface area contributed by atoms with E-state index in [1.54, 1.807) is 11.8 Å². The third-order valence-corrected chi connectivity index (χ3v) is 4.37. The normalized spacial score (nSPS) is 23.0. The van der Waals surface area contributed by atoms with E-state index in [1.165, 1.54) is 0 Å². The number of hydrogen-bond acceptors (Lipinski definition) is 4. The van der Waals surface area contributed by atoms with Crippen molar-refractivity contribution in [3.63, 3.8) is 0 Å². The first-order valence-electron chi connectivity index (χ1n) is 5.64. The van der Waals surface area contributed by atoms with E-state index in [1.807, 2.05) is 6.92 Å². The van der Waals surface area contributed by atoms with E-state index in [0.717, 1.165) is 6.42 Å². The molecule has 1 amide bonds. The van der Waals surface area contributed by atoms with Crippen molar-refractivity contribution < 1.29 is 17.9 Å². The van der Waals surface area contributed by atoms with Gasteiger partial charge in [-0.3, -0.25) is 0 Å². The molecular weight excluding hydrogens is 230 g/mol. The minimum absolute atomic E-state index is 0.0752. The molecule has 0 aromatic heterocycles. The van der Waals surface area contributed by atoms with Crippen LogP contribution in [0.4, 0.5) is 4.79 Å². The van der Waals surface area contributed by atoms with Crippen LogP contribution in [0.1, 0.15) is 26.7 Å². The Morgan fingerprint density at radius 3 is 2.56 bits per heavy atom. The molecule has 0 saturated carbocycles. The summed E-state index contributed by atoms with van der Waals surface area (Å²) in [4.78, 5) is 13.2. The Kier molecular flexibility index (Phi) is 4.58. The summed E-state index contributed by atoms with van der Waals surface area (Å²) in [5.41, 5.74) is 0. The Morgan fingerprint density at radius 2 is 2.12 bits per heavy atom. The quantitative estimate of drug-likeness (QED) is 0.747. The fourth-order valence-corrected chi connectivity index (χ4v) is 3.62. The highest BCUT2D eigenvalue weighted by atomic mass is 32.2. The summed E-state index contributed by atoms with van der Waals surface area (Å²) in [6.07, 6.45) is 0.933. The fourth-order valence-electron chi connectivity index (χ4n) is 1.89. The van der Waals surface area contributed by atoms with E-state index in [9.17, 15) is 13.2 Å². The predicted molar refractivity (Wildman–Crippen MR) is 61.1 cm³/mol. The van der Waals surface area contributed by atoms with Crippen molar-refractivity contribution >= 4 is 15.9 Å². The van der Waals surface area contributed by atoms with E-state index < -0.39 is 15.9 Å². The first-order valence-corrected chi connectivity index (χ1v) is 7.46. The maximum absolute atomic E-state index is 11.6. The standard InChI is InChI=1S/C10H19NO4S/c1-3-6-11(10(12)15-4-2)9-5-7-16(13,14)8-9/h9H,3-8H2,1-2H3/t9-/m1/s1. The first kappa shape index (κ1) is 13.3. The van der Waals surface area contributed by atoms with Gasteiger partial charge in [-0.2, -0.15) is 0 Å². The molecule has 1 atom stereocenters. The van der Waals surface area contributed by atoms with E-state index in [2.05, 4.69) is 0 Å². The summed E-state index contributed by atoms with van der Waals surface area (Å²) in [5.74, 6) is 0.253. The van der Waals surface area contributed by atoms with Crippen molar-refractivity contribution in [1.29, 1.82) is 0 Å². The van der Waals surface area contributed by atoms with Gasteiger partial charge < -0.3 is 9.64 Å². The smallest absolute Gasteiger partial charge is 0.410 e. The molecule has 6 heteroatoms. The number of sulfone groups is 1. The largest absolute Gasteiger partial charge is 0.450 e. The Balaban J connectivity index is 2.67. The van der Waals surface area contributed by atoms with Gasteiger partial charge >= 0.3 is 6.09 Å². The van der Waals surface area contributed by atoms with Gasteiger partial charge in [-0.25, -0.2) is 13.2 Å². The molecule has 1 aliphatic rings. The molecule has 0 spiro atoms. The molecule has 16 heavy (non-hydrogen) atoms. The molecule has 0 bridgehead atoms. The minimum Gasteiger partial charge on any atom is -0.450 e. The highest BCUT2D eigenvalue weighted by Gasteiger charge is 2.34. The SMILES string of the molecule is CCCN(C(=O)OCC)[C@@H]1CCS(=O)(=O)C1. The summed E-state index contributed by atoms with van der Waals surface area (Å²) in [6.45, 7) is 4.57. The second kappa shape index (κ2) is 5.52. The highest BCUT2D eigenvalue weighted by molar-refractivity contribution is 7.91. The Labute approximate surface area is 96.7 Å². The monoisotopic (exact) mass is 249 g/mol. The van der Waals surface area contributed by atoms with Crippen LogP contribution in [0, 0.1) is 0 Å². The first-order chi connectivity index (χ1) is 7.50. The number of carbonyl (C=O) groups excluding carboxylic acids is 1. The van der Waals surface area contributed by atoms with Gasteiger partial charge in [0.25, 0.3) is 0 Å². The number of rotatable bonds is 4. The summed E-state index contributed by atoms with van der Waals surface area (Å²) in [5, 5.41) is 0. The molecule has 1 fully saturated rings. The third-order valence-electron chi connectivity index (χ3n) is 2.62. The molecule has 94 valence electrons. The van der Waals surface area contributed by atoms with Crippen LogP contribution in [-0.4, -0.2) is 50.1 Å². The van der Waals surface area contributed by atoms with Gasteiger partial charge in [0.2, 0.25) is 0 Å².